The second-order valence-corrected chi connectivity index (χ2v) is 4.48. The fourth-order valence-corrected chi connectivity index (χ4v) is 1.84. The van der Waals surface area contributed by atoms with Gasteiger partial charge in [0.15, 0.2) is 17.2 Å². The molecule has 120 valence electrons. The van der Waals surface area contributed by atoms with E-state index in [-0.39, 0.29) is 16.9 Å². The Kier molecular flexibility index (Phi) is 4.55. The van der Waals surface area contributed by atoms with Crippen molar-refractivity contribution in [3.63, 3.8) is 0 Å². The monoisotopic (exact) mass is 318 g/mol. The van der Waals surface area contributed by atoms with Gasteiger partial charge in [-0.2, -0.15) is 0 Å². The van der Waals surface area contributed by atoms with Crippen LogP contribution in [0.1, 0.15) is 10.4 Å². The highest BCUT2D eigenvalue weighted by Gasteiger charge is 2.14. The number of carbonyl (C=O) groups excluding carboxylic acids is 2. The van der Waals surface area contributed by atoms with Gasteiger partial charge in [-0.25, -0.2) is 9.59 Å². The number of nitrogens with one attached hydrogen (secondary N) is 2. The Morgan fingerprint density at radius 3 is 2.22 bits per heavy atom. The maximum Gasteiger partial charge on any atom is 0.339 e. The minimum atomic E-state index is -0.717. The number of phenols is 3. The van der Waals surface area contributed by atoms with E-state index in [9.17, 15) is 24.9 Å². The van der Waals surface area contributed by atoms with Gasteiger partial charge in [0.2, 0.25) is 0 Å². The molecule has 2 rings (SSSR count). The molecule has 8 heteroatoms. The molecular formula is C15H14N2O6. The van der Waals surface area contributed by atoms with E-state index in [0.717, 1.165) is 12.1 Å². The van der Waals surface area contributed by atoms with Crippen molar-refractivity contribution in [2.24, 2.45) is 0 Å². The summed E-state index contributed by atoms with van der Waals surface area (Å²) >= 11 is 0. The smallest absolute Gasteiger partial charge is 0.339 e. The Morgan fingerprint density at radius 2 is 1.61 bits per heavy atom. The first-order valence-corrected chi connectivity index (χ1v) is 6.42. The van der Waals surface area contributed by atoms with Crippen molar-refractivity contribution in [1.29, 1.82) is 0 Å². The summed E-state index contributed by atoms with van der Waals surface area (Å²) in [5.74, 6) is -2.47. The number of esters is 1. The van der Waals surface area contributed by atoms with Crippen molar-refractivity contribution in [3.8, 4) is 17.2 Å². The summed E-state index contributed by atoms with van der Waals surface area (Å²) in [7, 11) is 1.22. The second-order valence-electron chi connectivity index (χ2n) is 4.48. The summed E-state index contributed by atoms with van der Waals surface area (Å²) in [5, 5.41) is 32.8. The largest absolute Gasteiger partial charge is 0.504 e. The third kappa shape index (κ3) is 3.62. The topological polar surface area (TPSA) is 128 Å². The summed E-state index contributed by atoms with van der Waals surface area (Å²) in [6.07, 6.45) is 0. The SMILES string of the molecule is COC(=O)c1ccccc1NC(=O)Nc1cc(O)c(O)c(O)c1. The molecule has 0 heterocycles. The molecule has 0 unspecified atom stereocenters. The highest BCUT2D eigenvalue weighted by atomic mass is 16.5. The third-order valence-electron chi connectivity index (χ3n) is 2.91. The van der Waals surface area contributed by atoms with E-state index in [2.05, 4.69) is 15.4 Å². The van der Waals surface area contributed by atoms with Crippen molar-refractivity contribution in [3.05, 3.63) is 42.0 Å². The maximum atomic E-state index is 12.0. The maximum absolute atomic E-state index is 12.0. The molecule has 5 N–H and O–H groups in total. The number of phenolic OH excluding ortho intramolecular Hbond substituents is 3. The van der Waals surface area contributed by atoms with Crippen LogP contribution in [0.5, 0.6) is 17.2 Å². The summed E-state index contributed by atoms with van der Waals surface area (Å²) in [6.45, 7) is 0. The first-order chi connectivity index (χ1) is 10.9. The molecule has 0 bridgehead atoms. The molecule has 0 radical (unpaired) electrons. The van der Waals surface area contributed by atoms with E-state index < -0.39 is 29.2 Å². The van der Waals surface area contributed by atoms with Crippen LogP contribution >= 0.6 is 0 Å². The van der Waals surface area contributed by atoms with Crippen LogP contribution in [0.25, 0.3) is 0 Å². The predicted octanol–water partition coefficient (Wildman–Crippen LogP) is 2.23. The lowest BCUT2D eigenvalue weighted by molar-refractivity contribution is 0.0602. The van der Waals surface area contributed by atoms with Crippen LogP contribution in [-0.4, -0.2) is 34.4 Å². The van der Waals surface area contributed by atoms with Gasteiger partial charge in [-0.1, -0.05) is 12.1 Å². The number of hydrogen-bond donors (Lipinski definition) is 5. The van der Waals surface area contributed by atoms with Gasteiger partial charge in [-0.3, -0.25) is 0 Å². The molecule has 0 atom stereocenters. The molecule has 0 aliphatic heterocycles. The van der Waals surface area contributed by atoms with Gasteiger partial charge in [-0.15, -0.1) is 0 Å². The number of benzene rings is 2. The number of hydrogen-bond acceptors (Lipinski definition) is 6. The van der Waals surface area contributed by atoms with Crippen molar-refractivity contribution >= 4 is 23.4 Å². The van der Waals surface area contributed by atoms with E-state index in [1.165, 1.54) is 19.2 Å². The van der Waals surface area contributed by atoms with Crippen LogP contribution in [0.3, 0.4) is 0 Å². The number of methoxy groups -OCH3 is 1. The molecule has 0 aromatic heterocycles. The highest BCUT2D eigenvalue weighted by Crippen LogP contribution is 2.37. The van der Waals surface area contributed by atoms with Crippen molar-refractivity contribution in [2.45, 2.75) is 0 Å². The number of aromatic hydroxyl groups is 3. The Labute approximate surface area is 131 Å². The molecule has 2 aromatic rings. The van der Waals surface area contributed by atoms with Crippen molar-refractivity contribution < 1.29 is 29.6 Å². The Balaban J connectivity index is 2.16. The standard InChI is InChI=1S/C15H14N2O6/c1-23-14(21)9-4-2-3-5-10(9)17-15(22)16-8-6-11(18)13(20)12(19)7-8/h2-7,18-20H,1H3,(H2,16,17,22). The molecule has 0 spiro atoms. The summed E-state index contributed by atoms with van der Waals surface area (Å²) in [6, 6.07) is 7.63. The van der Waals surface area contributed by atoms with E-state index in [1.807, 2.05) is 0 Å². The minimum absolute atomic E-state index is 0.0471. The lowest BCUT2D eigenvalue weighted by atomic mass is 10.2. The fraction of sp³-hybridized carbons (Fsp3) is 0.0667. The number of rotatable bonds is 3. The average molecular weight is 318 g/mol. The third-order valence-corrected chi connectivity index (χ3v) is 2.91. The molecule has 0 fully saturated rings. The average Bonchev–Trinajstić information content (AvgIpc) is 2.52. The van der Waals surface area contributed by atoms with Crippen LogP contribution in [0.15, 0.2) is 36.4 Å². The van der Waals surface area contributed by atoms with Gasteiger partial charge < -0.3 is 30.7 Å². The summed E-state index contributed by atoms with van der Waals surface area (Å²) < 4.78 is 4.62. The number of anilines is 2. The zero-order valence-corrected chi connectivity index (χ0v) is 12.0. The van der Waals surface area contributed by atoms with E-state index in [4.69, 9.17) is 0 Å². The Bertz CT molecular complexity index is 736. The van der Waals surface area contributed by atoms with Crippen LogP contribution < -0.4 is 10.6 Å². The van der Waals surface area contributed by atoms with Crippen LogP contribution in [-0.2, 0) is 4.74 Å². The molecule has 8 nitrogen and oxygen atoms in total. The van der Waals surface area contributed by atoms with E-state index in [0.29, 0.717) is 0 Å². The number of amides is 2. The number of carbonyl (C=O) groups is 2. The van der Waals surface area contributed by atoms with Gasteiger partial charge in [-0.05, 0) is 12.1 Å². The van der Waals surface area contributed by atoms with Gasteiger partial charge in [0, 0.05) is 12.1 Å². The van der Waals surface area contributed by atoms with Crippen LogP contribution in [0.2, 0.25) is 0 Å². The predicted molar refractivity (Wildman–Crippen MR) is 81.9 cm³/mol. The van der Waals surface area contributed by atoms with Crippen molar-refractivity contribution in [1.82, 2.24) is 0 Å². The number of urea groups is 1. The molecule has 2 amide bonds. The van der Waals surface area contributed by atoms with Crippen LogP contribution in [0, 0.1) is 0 Å². The molecule has 0 saturated carbocycles. The molecule has 2 aromatic carbocycles. The van der Waals surface area contributed by atoms with E-state index >= 15 is 0 Å². The molecule has 23 heavy (non-hydrogen) atoms. The molecule has 0 aliphatic rings. The molecular weight excluding hydrogens is 304 g/mol. The second kappa shape index (κ2) is 6.56. The lowest BCUT2D eigenvalue weighted by Crippen LogP contribution is -2.21. The zero-order chi connectivity index (χ0) is 17.0. The van der Waals surface area contributed by atoms with Crippen LogP contribution in [0.4, 0.5) is 16.2 Å². The number of ether oxygens (including phenoxy) is 1. The Hall–Kier alpha value is -3.42. The van der Waals surface area contributed by atoms with Gasteiger partial charge in [0.1, 0.15) is 0 Å². The van der Waals surface area contributed by atoms with Gasteiger partial charge >= 0.3 is 12.0 Å². The summed E-state index contributed by atoms with van der Waals surface area (Å²) in [4.78, 5) is 23.6. The van der Waals surface area contributed by atoms with Gasteiger partial charge in [0.25, 0.3) is 0 Å². The normalized spacial score (nSPS) is 9.96. The first-order valence-electron chi connectivity index (χ1n) is 6.42. The lowest BCUT2D eigenvalue weighted by Gasteiger charge is -2.11. The Morgan fingerprint density at radius 1 is 1.00 bits per heavy atom. The molecule has 0 saturated heterocycles. The number of para-hydroxylation sites is 1. The highest BCUT2D eigenvalue weighted by molar-refractivity contribution is 6.05. The van der Waals surface area contributed by atoms with Gasteiger partial charge in [0.05, 0.1) is 24.0 Å². The quantitative estimate of drug-likeness (QED) is 0.335. The minimum Gasteiger partial charge on any atom is -0.504 e. The fourth-order valence-electron chi connectivity index (χ4n) is 1.84. The van der Waals surface area contributed by atoms with E-state index in [1.54, 1.807) is 12.1 Å². The molecule has 0 aliphatic carbocycles. The zero-order valence-electron chi connectivity index (χ0n) is 12.0. The summed E-state index contributed by atoms with van der Waals surface area (Å²) in [5.41, 5.74) is 0.441. The first kappa shape index (κ1) is 16.0. The van der Waals surface area contributed by atoms with Crippen molar-refractivity contribution in [2.75, 3.05) is 17.7 Å².